The van der Waals surface area contributed by atoms with E-state index in [1.807, 2.05) is 23.8 Å². The van der Waals surface area contributed by atoms with Crippen molar-refractivity contribution in [1.82, 2.24) is 9.55 Å². The van der Waals surface area contributed by atoms with Crippen LogP contribution in [0, 0.1) is 28.6 Å². The van der Waals surface area contributed by atoms with E-state index in [0.29, 0.717) is 23.5 Å². The normalized spacial score (nSPS) is 12.6. The van der Waals surface area contributed by atoms with Gasteiger partial charge >= 0.3 is 0 Å². The fraction of sp³-hybridized carbons (Fsp3) is 0.182. The van der Waals surface area contributed by atoms with Gasteiger partial charge in [0.1, 0.15) is 11.7 Å². The molecule has 0 fully saturated rings. The molecule has 0 spiro atoms. The number of imidazole rings is 1. The molecule has 0 saturated carbocycles. The number of carbonyl (C=O) groups excluding carboxylic acids is 1. The van der Waals surface area contributed by atoms with Crippen molar-refractivity contribution in [3.8, 4) is 12.1 Å². The van der Waals surface area contributed by atoms with Crippen LogP contribution in [-0.4, -0.2) is 15.3 Å². The van der Waals surface area contributed by atoms with Crippen LogP contribution in [-0.2, 0) is 6.54 Å². The summed E-state index contributed by atoms with van der Waals surface area (Å²) in [7, 11) is 0. The number of benzene rings is 2. The molecule has 132 valence electrons. The van der Waals surface area contributed by atoms with Gasteiger partial charge in [-0.15, -0.1) is 0 Å². The second kappa shape index (κ2) is 8.12. The highest BCUT2D eigenvalue weighted by Crippen LogP contribution is 2.33. The monoisotopic (exact) mass is 354 g/mol. The van der Waals surface area contributed by atoms with E-state index in [1.54, 1.807) is 54.7 Å². The van der Waals surface area contributed by atoms with Crippen molar-refractivity contribution < 1.29 is 4.79 Å². The first kappa shape index (κ1) is 18.1. The first-order valence-electron chi connectivity index (χ1n) is 8.69. The predicted molar refractivity (Wildman–Crippen MR) is 101 cm³/mol. The Morgan fingerprint density at radius 1 is 1.11 bits per heavy atom. The quantitative estimate of drug-likeness (QED) is 0.628. The minimum absolute atomic E-state index is 0.238. The van der Waals surface area contributed by atoms with Crippen LogP contribution in [0.15, 0.2) is 67.0 Å². The molecular formula is C22H18N4O. The minimum atomic E-state index is -0.923. The van der Waals surface area contributed by atoms with E-state index in [9.17, 15) is 10.1 Å². The maximum absolute atomic E-state index is 13.1. The zero-order chi connectivity index (χ0) is 19.2. The average molecular weight is 354 g/mol. The number of nitrogens with zero attached hydrogens (tertiary/aromatic N) is 4. The number of hydrogen-bond acceptors (Lipinski definition) is 4. The lowest BCUT2D eigenvalue weighted by atomic mass is 9.81. The Bertz CT molecular complexity index is 1010. The molecule has 2 atom stereocenters. The SMILES string of the molecule is CCn1ccnc1C(c1ccc(C#N)cc1)C(C#N)C(=O)c1ccccc1. The van der Waals surface area contributed by atoms with Crippen molar-refractivity contribution in [1.29, 1.82) is 10.5 Å². The van der Waals surface area contributed by atoms with E-state index >= 15 is 0 Å². The molecule has 2 unspecified atom stereocenters. The highest BCUT2D eigenvalue weighted by atomic mass is 16.1. The number of Topliss-reactive ketones (excluding diaryl/α,β-unsaturated/α-hetero) is 1. The zero-order valence-electron chi connectivity index (χ0n) is 14.9. The number of hydrogen-bond donors (Lipinski definition) is 0. The van der Waals surface area contributed by atoms with E-state index in [2.05, 4.69) is 17.1 Å². The zero-order valence-corrected chi connectivity index (χ0v) is 14.9. The topological polar surface area (TPSA) is 82.5 Å². The van der Waals surface area contributed by atoms with Crippen molar-refractivity contribution in [3.05, 3.63) is 89.5 Å². The maximum Gasteiger partial charge on any atom is 0.181 e. The van der Waals surface area contributed by atoms with Gasteiger partial charge in [-0.25, -0.2) is 4.98 Å². The molecule has 0 saturated heterocycles. The number of carbonyl (C=O) groups is 1. The molecule has 27 heavy (non-hydrogen) atoms. The fourth-order valence-corrected chi connectivity index (χ4v) is 3.19. The molecule has 0 N–H and O–H groups in total. The molecule has 0 aliphatic carbocycles. The van der Waals surface area contributed by atoms with Gasteiger partial charge < -0.3 is 4.57 Å². The fourth-order valence-electron chi connectivity index (χ4n) is 3.19. The van der Waals surface area contributed by atoms with Crippen LogP contribution in [0.4, 0.5) is 0 Å². The van der Waals surface area contributed by atoms with Crippen LogP contribution >= 0.6 is 0 Å². The van der Waals surface area contributed by atoms with Crippen LogP contribution in [0.2, 0.25) is 0 Å². The van der Waals surface area contributed by atoms with Gasteiger partial charge in [0.15, 0.2) is 5.78 Å². The van der Waals surface area contributed by atoms with E-state index < -0.39 is 11.8 Å². The second-order valence-corrected chi connectivity index (χ2v) is 6.12. The molecule has 0 aliphatic rings. The van der Waals surface area contributed by atoms with Gasteiger partial charge in [-0.3, -0.25) is 4.79 Å². The number of aryl methyl sites for hydroxylation is 1. The van der Waals surface area contributed by atoms with Gasteiger partial charge in [0.25, 0.3) is 0 Å². The van der Waals surface area contributed by atoms with Gasteiger partial charge in [-0.1, -0.05) is 42.5 Å². The Balaban J connectivity index is 2.12. The van der Waals surface area contributed by atoms with Crippen molar-refractivity contribution in [2.45, 2.75) is 19.4 Å². The molecule has 0 radical (unpaired) electrons. The number of aromatic nitrogens is 2. The molecule has 3 rings (SSSR count). The summed E-state index contributed by atoms with van der Waals surface area (Å²) in [5.74, 6) is -1.02. The van der Waals surface area contributed by atoms with Crippen molar-refractivity contribution >= 4 is 5.78 Å². The summed E-state index contributed by atoms with van der Waals surface area (Å²) in [4.78, 5) is 17.5. The summed E-state index contributed by atoms with van der Waals surface area (Å²) >= 11 is 0. The lowest BCUT2D eigenvalue weighted by Gasteiger charge is -2.22. The highest BCUT2D eigenvalue weighted by Gasteiger charge is 2.34. The molecule has 5 nitrogen and oxygen atoms in total. The van der Waals surface area contributed by atoms with Crippen LogP contribution in [0.3, 0.4) is 0 Å². The maximum atomic E-state index is 13.1. The molecule has 0 amide bonds. The summed E-state index contributed by atoms with van der Waals surface area (Å²) in [6, 6.07) is 20.1. The molecule has 1 heterocycles. The van der Waals surface area contributed by atoms with E-state index in [0.717, 1.165) is 5.56 Å². The van der Waals surface area contributed by atoms with Crippen LogP contribution < -0.4 is 0 Å². The minimum Gasteiger partial charge on any atom is -0.335 e. The lowest BCUT2D eigenvalue weighted by Crippen LogP contribution is -2.25. The van der Waals surface area contributed by atoms with Gasteiger partial charge in [0.05, 0.1) is 23.6 Å². The molecule has 1 aromatic heterocycles. The lowest BCUT2D eigenvalue weighted by molar-refractivity contribution is 0.0938. The van der Waals surface area contributed by atoms with E-state index in [1.165, 1.54) is 0 Å². The van der Waals surface area contributed by atoms with Crippen molar-refractivity contribution in [3.63, 3.8) is 0 Å². The Morgan fingerprint density at radius 2 is 1.81 bits per heavy atom. The number of nitriles is 2. The smallest absolute Gasteiger partial charge is 0.181 e. The van der Waals surface area contributed by atoms with Crippen LogP contribution in [0.1, 0.15) is 40.2 Å². The number of ketones is 1. The molecule has 5 heteroatoms. The van der Waals surface area contributed by atoms with Crippen molar-refractivity contribution in [2.24, 2.45) is 5.92 Å². The molecule has 0 aliphatic heterocycles. The number of rotatable bonds is 6. The standard InChI is InChI=1S/C22H18N4O/c1-2-26-13-12-25-22(26)20(17-10-8-16(14-23)9-11-17)19(15-24)21(27)18-6-4-3-5-7-18/h3-13,19-20H,2H2,1H3. The summed E-state index contributed by atoms with van der Waals surface area (Å²) in [5, 5.41) is 18.9. The molecular weight excluding hydrogens is 336 g/mol. The first-order chi connectivity index (χ1) is 13.2. The Hall–Kier alpha value is -3.70. The van der Waals surface area contributed by atoms with Gasteiger partial charge in [0, 0.05) is 24.5 Å². The van der Waals surface area contributed by atoms with Crippen LogP contribution in [0.25, 0.3) is 0 Å². The van der Waals surface area contributed by atoms with Gasteiger partial charge in [0.2, 0.25) is 0 Å². The Labute approximate surface area is 158 Å². The highest BCUT2D eigenvalue weighted by molar-refractivity contribution is 6.00. The predicted octanol–water partition coefficient (Wildman–Crippen LogP) is 3.93. The van der Waals surface area contributed by atoms with Crippen molar-refractivity contribution in [2.75, 3.05) is 0 Å². The largest absolute Gasteiger partial charge is 0.335 e. The summed E-state index contributed by atoms with van der Waals surface area (Å²) in [6.45, 7) is 2.67. The summed E-state index contributed by atoms with van der Waals surface area (Å²) in [5.41, 5.74) is 1.81. The summed E-state index contributed by atoms with van der Waals surface area (Å²) in [6.07, 6.45) is 3.52. The molecule has 0 bridgehead atoms. The third-order valence-corrected chi connectivity index (χ3v) is 4.58. The third kappa shape index (κ3) is 3.63. The third-order valence-electron chi connectivity index (χ3n) is 4.58. The Morgan fingerprint density at radius 3 is 2.41 bits per heavy atom. The average Bonchev–Trinajstić information content (AvgIpc) is 3.20. The van der Waals surface area contributed by atoms with Gasteiger partial charge in [-0.05, 0) is 24.6 Å². The molecule has 2 aromatic carbocycles. The van der Waals surface area contributed by atoms with Crippen LogP contribution in [0.5, 0.6) is 0 Å². The van der Waals surface area contributed by atoms with E-state index in [4.69, 9.17) is 5.26 Å². The van der Waals surface area contributed by atoms with E-state index in [-0.39, 0.29) is 5.78 Å². The second-order valence-electron chi connectivity index (χ2n) is 6.12. The molecule has 3 aromatic rings. The summed E-state index contributed by atoms with van der Waals surface area (Å²) < 4.78 is 1.94. The van der Waals surface area contributed by atoms with Gasteiger partial charge in [-0.2, -0.15) is 10.5 Å². The Kier molecular flexibility index (Phi) is 5.44. The first-order valence-corrected chi connectivity index (χ1v) is 8.69.